The molecular weight excluding hydrogens is 428 g/mol. The van der Waals surface area contributed by atoms with Crippen LogP contribution >= 0.6 is 11.3 Å². The molecule has 9 heteroatoms. The van der Waals surface area contributed by atoms with Crippen LogP contribution in [0.1, 0.15) is 15.2 Å². The first kappa shape index (κ1) is 21.0. The fraction of sp³-hybridized carbons (Fsp3) is 0.0435. The molecule has 0 fully saturated rings. The number of nitrogens with one attached hydrogen (secondary N) is 2. The van der Waals surface area contributed by atoms with Crippen LogP contribution in [0.15, 0.2) is 76.5 Å². The highest BCUT2D eigenvalue weighted by Crippen LogP contribution is 2.23. The van der Waals surface area contributed by atoms with Gasteiger partial charge in [-0.15, -0.1) is 16.4 Å². The molecule has 0 aliphatic carbocycles. The topological polar surface area (TPSA) is 106 Å². The minimum Gasteiger partial charge on any atom is -0.497 e. The lowest BCUT2D eigenvalue weighted by molar-refractivity contribution is -0.111. The molecule has 2 aromatic carbocycles. The molecule has 2 heterocycles. The summed E-state index contributed by atoms with van der Waals surface area (Å²) in [7, 11) is 1.58. The van der Waals surface area contributed by atoms with Gasteiger partial charge in [0.2, 0.25) is 11.8 Å². The highest BCUT2D eigenvalue weighted by atomic mass is 32.1. The van der Waals surface area contributed by atoms with E-state index in [1.807, 2.05) is 17.5 Å². The zero-order valence-electron chi connectivity index (χ0n) is 16.9. The lowest BCUT2D eigenvalue weighted by Gasteiger charge is -2.04. The molecule has 160 valence electrons. The van der Waals surface area contributed by atoms with E-state index in [0.29, 0.717) is 22.6 Å². The monoisotopic (exact) mass is 446 g/mol. The molecule has 0 saturated carbocycles. The van der Waals surface area contributed by atoms with Crippen LogP contribution in [-0.4, -0.2) is 29.1 Å². The summed E-state index contributed by atoms with van der Waals surface area (Å²) in [5.74, 6) is 0.314. The highest BCUT2D eigenvalue weighted by Gasteiger charge is 2.13. The van der Waals surface area contributed by atoms with Crippen LogP contribution in [0.4, 0.5) is 11.7 Å². The molecule has 0 saturated heterocycles. The first-order chi connectivity index (χ1) is 15.6. The molecule has 8 nitrogen and oxygen atoms in total. The van der Waals surface area contributed by atoms with Gasteiger partial charge in [-0.25, -0.2) is 0 Å². The molecule has 2 amide bonds. The maximum absolute atomic E-state index is 12.5. The van der Waals surface area contributed by atoms with Gasteiger partial charge < -0.3 is 14.5 Å². The number of rotatable bonds is 7. The average molecular weight is 446 g/mol. The van der Waals surface area contributed by atoms with Crippen molar-refractivity contribution in [3.8, 4) is 17.2 Å². The largest absolute Gasteiger partial charge is 0.497 e. The van der Waals surface area contributed by atoms with Crippen molar-refractivity contribution < 1.29 is 18.7 Å². The van der Waals surface area contributed by atoms with Crippen LogP contribution in [0.3, 0.4) is 0 Å². The van der Waals surface area contributed by atoms with Crippen LogP contribution in [0.5, 0.6) is 5.75 Å². The summed E-state index contributed by atoms with van der Waals surface area (Å²) in [5, 5.41) is 15.1. The number of benzene rings is 2. The summed E-state index contributed by atoms with van der Waals surface area (Å²) in [5.41, 5.74) is 1.65. The predicted octanol–water partition coefficient (Wildman–Crippen LogP) is 4.71. The smallest absolute Gasteiger partial charge is 0.322 e. The van der Waals surface area contributed by atoms with Crippen LogP contribution in [0.2, 0.25) is 0 Å². The number of carbonyl (C=O) groups excluding carboxylic acids is 2. The summed E-state index contributed by atoms with van der Waals surface area (Å²) in [4.78, 5) is 25.5. The van der Waals surface area contributed by atoms with Crippen LogP contribution in [0, 0.1) is 0 Å². The number of thiophene rings is 1. The number of aromatic nitrogens is 2. The molecule has 0 atom stereocenters. The van der Waals surface area contributed by atoms with E-state index in [2.05, 4.69) is 20.8 Å². The maximum Gasteiger partial charge on any atom is 0.322 e. The Labute approximate surface area is 187 Å². The van der Waals surface area contributed by atoms with Gasteiger partial charge in [0.25, 0.3) is 5.91 Å². The van der Waals surface area contributed by atoms with E-state index in [4.69, 9.17) is 9.15 Å². The standard InChI is InChI=1S/C23H18N4O4S/c1-30-18-10-6-16(7-11-18)22-26-27-23(31-22)25-21(29)15-4-8-17(9-5-15)24-20(28)13-12-19-3-2-14-32-19/h2-14H,1H3,(H,24,28)(H,25,27,29)/b13-12+. The van der Waals surface area contributed by atoms with Gasteiger partial charge in [0.05, 0.1) is 7.11 Å². The minimum absolute atomic E-state index is 0.0167. The number of amides is 2. The van der Waals surface area contributed by atoms with E-state index in [1.165, 1.54) is 6.08 Å². The lowest BCUT2D eigenvalue weighted by atomic mass is 10.2. The second kappa shape index (κ2) is 9.71. The fourth-order valence-electron chi connectivity index (χ4n) is 2.73. The number of nitrogens with zero attached hydrogens (tertiary/aromatic N) is 2. The summed E-state index contributed by atoms with van der Waals surface area (Å²) in [6.07, 6.45) is 3.20. The van der Waals surface area contributed by atoms with Crippen molar-refractivity contribution in [2.75, 3.05) is 17.7 Å². The molecule has 2 aromatic heterocycles. The molecule has 4 aromatic rings. The maximum atomic E-state index is 12.5. The van der Waals surface area contributed by atoms with Crippen molar-refractivity contribution in [2.24, 2.45) is 0 Å². The van der Waals surface area contributed by atoms with E-state index in [0.717, 1.165) is 4.88 Å². The first-order valence-electron chi connectivity index (χ1n) is 9.52. The Bertz CT molecular complexity index is 1230. The molecule has 4 rings (SSSR count). The van der Waals surface area contributed by atoms with Gasteiger partial charge in [-0.1, -0.05) is 11.2 Å². The Morgan fingerprint density at radius 2 is 1.78 bits per heavy atom. The van der Waals surface area contributed by atoms with Crippen LogP contribution in [0.25, 0.3) is 17.5 Å². The summed E-state index contributed by atoms with van der Waals surface area (Å²) >= 11 is 1.55. The van der Waals surface area contributed by atoms with Gasteiger partial charge in [-0.3, -0.25) is 14.9 Å². The molecular formula is C23H18N4O4S. The zero-order chi connectivity index (χ0) is 22.3. The van der Waals surface area contributed by atoms with Crippen molar-refractivity contribution in [1.29, 1.82) is 0 Å². The van der Waals surface area contributed by atoms with E-state index in [-0.39, 0.29) is 17.8 Å². The Morgan fingerprint density at radius 3 is 2.47 bits per heavy atom. The molecule has 0 spiro atoms. The lowest BCUT2D eigenvalue weighted by Crippen LogP contribution is -2.12. The van der Waals surface area contributed by atoms with Gasteiger partial charge in [0.1, 0.15) is 5.75 Å². The SMILES string of the molecule is COc1ccc(-c2nnc(NC(=O)c3ccc(NC(=O)/C=C/c4cccs4)cc3)o2)cc1. The number of ether oxygens (including phenoxy) is 1. The Kier molecular flexibility index (Phi) is 6.38. The molecule has 0 radical (unpaired) electrons. The normalized spacial score (nSPS) is 10.8. The second-order valence-electron chi connectivity index (χ2n) is 6.51. The Balaban J connectivity index is 1.34. The highest BCUT2D eigenvalue weighted by molar-refractivity contribution is 7.10. The average Bonchev–Trinajstić information content (AvgIpc) is 3.50. The van der Waals surface area contributed by atoms with Crippen LogP contribution in [-0.2, 0) is 4.79 Å². The van der Waals surface area contributed by atoms with E-state index < -0.39 is 5.91 Å². The molecule has 2 N–H and O–H groups in total. The molecule has 0 bridgehead atoms. The molecule has 32 heavy (non-hydrogen) atoms. The Hall–Kier alpha value is -4.24. The van der Waals surface area contributed by atoms with Crippen LogP contribution < -0.4 is 15.4 Å². The minimum atomic E-state index is -0.412. The van der Waals surface area contributed by atoms with E-state index in [9.17, 15) is 9.59 Å². The Morgan fingerprint density at radius 1 is 1.00 bits per heavy atom. The molecule has 0 unspecified atom stereocenters. The number of hydrogen-bond acceptors (Lipinski definition) is 7. The number of methoxy groups -OCH3 is 1. The number of anilines is 2. The zero-order valence-corrected chi connectivity index (χ0v) is 17.8. The van der Waals surface area contributed by atoms with Crippen molar-refractivity contribution in [2.45, 2.75) is 0 Å². The summed E-state index contributed by atoms with van der Waals surface area (Å²) in [6, 6.07) is 17.4. The number of carbonyl (C=O) groups is 2. The second-order valence-corrected chi connectivity index (χ2v) is 7.49. The van der Waals surface area contributed by atoms with Gasteiger partial charge in [-0.05, 0) is 66.1 Å². The van der Waals surface area contributed by atoms with Gasteiger partial charge in [-0.2, -0.15) is 0 Å². The van der Waals surface area contributed by atoms with Crippen molar-refractivity contribution in [1.82, 2.24) is 10.2 Å². The van der Waals surface area contributed by atoms with E-state index in [1.54, 1.807) is 73.1 Å². The van der Waals surface area contributed by atoms with Gasteiger partial charge >= 0.3 is 6.01 Å². The van der Waals surface area contributed by atoms with Gasteiger partial charge in [0, 0.05) is 27.8 Å². The molecule has 0 aliphatic heterocycles. The third-order valence-corrected chi connectivity index (χ3v) is 5.18. The summed E-state index contributed by atoms with van der Waals surface area (Å²) < 4.78 is 10.6. The van der Waals surface area contributed by atoms with Crippen molar-refractivity contribution >= 4 is 40.9 Å². The third kappa shape index (κ3) is 5.27. The van der Waals surface area contributed by atoms with Crippen molar-refractivity contribution in [3.05, 3.63) is 82.6 Å². The van der Waals surface area contributed by atoms with Crippen molar-refractivity contribution in [3.63, 3.8) is 0 Å². The summed E-state index contributed by atoms with van der Waals surface area (Å²) in [6.45, 7) is 0. The first-order valence-corrected chi connectivity index (χ1v) is 10.4. The van der Waals surface area contributed by atoms with E-state index >= 15 is 0 Å². The molecule has 0 aliphatic rings. The quantitative estimate of drug-likeness (QED) is 0.398. The predicted molar refractivity (Wildman–Crippen MR) is 123 cm³/mol. The number of hydrogen-bond donors (Lipinski definition) is 2. The fourth-order valence-corrected chi connectivity index (χ4v) is 3.34. The van der Waals surface area contributed by atoms with Gasteiger partial charge in [0.15, 0.2) is 0 Å². The third-order valence-electron chi connectivity index (χ3n) is 4.34.